The van der Waals surface area contributed by atoms with Crippen LogP contribution in [0.15, 0.2) is 36.5 Å². The molecule has 2 aromatic rings. The molecule has 7 nitrogen and oxygen atoms in total. The molecule has 23 heavy (non-hydrogen) atoms. The zero-order valence-electron chi connectivity index (χ0n) is 12.0. The quantitative estimate of drug-likeness (QED) is 0.750. The first-order chi connectivity index (χ1) is 11.0. The van der Waals surface area contributed by atoms with Crippen molar-refractivity contribution in [3.05, 3.63) is 52.7 Å². The number of nitrogens with two attached hydrogens (primary N) is 1. The van der Waals surface area contributed by atoms with Crippen molar-refractivity contribution < 1.29 is 19.4 Å². The molecular weight excluding hydrogens is 322 g/mol. The molecule has 0 aliphatic carbocycles. The van der Waals surface area contributed by atoms with Crippen LogP contribution in [0.4, 0.5) is 4.79 Å². The minimum absolute atomic E-state index is 0.269. The van der Waals surface area contributed by atoms with Gasteiger partial charge in [-0.3, -0.25) is 4.79 Å². The molecule has 0 radical (unpaired) electrons. The van der Waals surface area contributed by atoms with Crippen LogP contribution in [0.2, 0.25) is 5.02 Å². The van der Waals surface area contributed by atoms with E-state index in [1.165, 1.54) is 18.3 Å². The van der Waals surface area contributed by atoms with E-state index >= 15 is 0 Å². The molecule has 0 aliphatic rings. The molecule has 0 aliphatic heterocycles. The molecule has 0 bridgehead atoms. The summed E-state index contributed by atoms with van der Waals surface area (Å²) in [5, 5.41) is 11.3. The maximum Gasteiger partial charge on any atom is 0.404 e. The van der Waals surface area contributed by atoms with Crippen LogP contribution in [0, 0.1) is 0 Å². The molecule has 0 saturated heterocycles. The van der Waals surface area contributed by atoms with Gasteiger partial charge in [-0.05, 0) is 30.2 Å². The Labute approximate surface area is 137 Å². The smallest absolute Gasteiger partial charge is 0.404 e. The van der Waals surface area contributed by atoms with Crippen molar-refractivity contribution in [3.63, 3.8) is 0 Å². The molecule has 2 rings (SSSR count). The van der Waals surface area contributed by atoms with Crippen molar-refractivity contribution in [3.8, 4) is 11.6 Å². The second-order valence-electron chi connectivity index (χ2n) is 4.59. The second-order valence-corrected chi connectivity index (χ2v) is 4.99. The Hall–Kier alpha value is -2.80. The predicted molar refractivity (Wildman–Crippen MR) is 84.0 cm³/mol. The lowest BCUT2D eigenvalue weighted by atomic mass is 10.1. The number of nitrogens with one attached hydrogen (secondary N) is 1. The highest BCUT2D eigenvalue weighted by Crippen LogP contribution is 2.26. The van der Waals surface area contributed by atoms with E-state index < -0.39 is 12.0 Å². The second kappa shape index (κ2) is 7.46. The molecule has 2 amide bonds. The molecule has 0 spiro atoms. The number of ether oxygens (including phenoxy) is 1. The normalized spacial score (nSPS) is 10.1. The molecule has 0 fully saturated rings. The number of benzene rings is 1. The van der Waals surface area contributed by atoms with Crippen LogP contribution in [0.5, 0.6) is 11.6 Å². The molecule has 0 saturated carbocycles. The lowest BCUT2D eigenvalue weighted by Crippen LogP contribution is -2.23. The average molecular weight is 336 g/mol. The Kier molecular flexibility index (Phi) is 5.37. The van der Waals surface area contributed by atoms with E-state index in [1.807, 2.05) is 0 Å². The number of carboxylic acid groups (broad SMARTS) is 1. The first kappa shape index (κ1) is 16.6. The van der Waals surface area contributed by atoms with Crippen molar-refractivity contribution in [2.45, 2.75) is 6.42 Å². The molecule has 0 unspecified atom stereocenters. The maximum absolute atomic E-state index is 11.0. The first-order valence-electron chi connectivity index (χ1n) is 6.64. The van der Waals surface area contributed by atoms with Crippen molar-refractivity contribution in [1.29, 1.82) is 0 Å². The number of carbonyl (C=O) groups is 2. The van der Waals surface area contributed by atoms with E-state index in [9.17, 15) is 9.59 Å². The van der Waals surface area contributed by atoms with Gasteiger partial charge in [-0.15, -0.1) is 0 Å². The molecule has 120 valence electrons. The van der Waals surface area contributed by atoms with Gasteiger partial charge >= 0.3 is 6.09 Å². The number of hydrogen-bond acceptors (Lipinski definition) is 4. The number of aromatic nitrogens is 1. The van der Waals surface area contributed by atoms with Crippen LogP contribution in [-0.4, -0.2) is 28.6 Å². The third-order valence-corrected chi connectivity index (χ3v) is 3.29. The highest BCUT2D eigenvalue weighted by Gasteiger charge is 2.06. The molecule has 1 heterocycles. The molecule has 1 aromatic heterocycles. The monoisotopic (exact) mass is 335 g/mol. The van der Waals surface area contributed by atoms with Gasteiger partial charge in [0.25, 0.3) is 0 Å². The number of primary amides is 1. The fourth-order valence-corrected chi connectivity index (χ4v) is 2.07. The number of halogens is 1. The number of rotatable bonds is 6. The highest BCUT2D eigenvalue weighted by molar-refractivity contribution is 6.31. The summed E-state index contributed by atoms with van der Waals surface area (Å²) >= 11 is 6.14. The van der Waals surface area contributed by atoms with E-state index in [0.29, 0.717) is 23.1 Å². The number of pyridine rings is 1. The Morgan fingerprint density at radius 1 is 1.30 bits per heavy atom. The van der Waals surface area contributed by atoms with E-state index in [4.69, 9.17) is 27.2 Å². The standard InChI is InChI=1S/C15H14ClN3O4/c16-12-7-11(3-1-9(12)5-6-18-15(21)22)23-13-4-2-10(8-19-13)14(17)20/h1-4,7-8,18H,5-6H2,(H2,17,20)(H,21,22). The maximum atomic E-state index is 11.0. The van der Waals surface area contributed by atoms with Crippen molar-refractivity contribution >= 4 is 23.6 Å². The summed E-state index contributed by atoms with van der Waals surface area (Å²) in [4.78, 5) is 25.3. The summed E-state index contributed by atoms with van der Waals surface area (Å²) in [5.74, 6) is 0.210. The zero-order valence-corrected chi connectivity index (χ0v) is 12.7. The fraction of sp³-hybridized carbons (Fsp3) is 0.133. The van der Waals surface area contributed by atoms with Gasteiger partial charge in [0.05, 0.1) is 5.56 Å². The molecule has 4 N–H and O–H groups in total. The summed E-state index contributed by atoms with van der Waals surface area (Å²) in [6.07, 6.45) is 0.717. The zero-order chi connectivity index (χ0) is 16.8. The lowest BCUT2D eigenvalue weighted by Gasteiger charge is -2.08. The Balaban J connectivity index is 2.02. The Morgan fingerprint density at radius 2 is 2.09 bits per heavy atom. The minimum Gasteiger partial charge on any atom is -0.465 e. The average Bonchev–Trinajstić information content (AvgIpc) is 2.49. The van der Waals surface area contributed by atoms with Gasteiger partial charge in [0, 0.05) is 23.8 Å². The summed E-state index contributed by atoms with van der Waals surface area (Å²) in [7, 11) is 0. The highest BCUT2D eigenvalue weighted by atomic mass is 35.5. The largest absolute Gasteiger partial charge is 0.465 e. The third kappa shape index (κ3) is 4.86. The van der Waals surface area contributed by atoms with Crippen LogP contribution in [-0.2, 0) is 6.42 Å². The first-order valence-corrected chi connectivity index (χ1v) is 7.02. The lowest BCUT2D eigenvalue weighted by molar-refractivity contribution is 0.1000. The summed E-state index contributed by atoms with van der Waals surface area (Å²) < 4.78 is 5.53. The van der Waals surface area contributed by atoms with Crippen molar-refractivity contribution in [2.24, 2.45) is 5.73 Å². The molecule has 8 heteroatoms. The SMILES string of the molecule is NC(=O)c1ccc(Oc2ccc(CCNC(=O)O)c(Cl)c2)nc1. The van der Waals surface area contributed by atoms with Crippen LogP contribution < -0.4 is 15.8 Å². The van der Waals surface area contributed by atoms with Gasteiger partial charge < -0.3 is 20.9 Å². The van der Waals surface area contributed by atoms with E-state index in [1.54, 1.807) is 18.2 Å². The van der Waals surface area contributed by atoms with E-state index in [0.717, 1.165) is 5.56 Å². The van der Waals surface area contributed by atoms with Gasteiger partial charge in [0.1, 0.15) is 5.75 Å². The van der Waals surface area contributed by atoms with Gasteiger partial charge in [-0.1, -0.05) is 17.7 Å². The molecular formula is C15H14ClN3O4. The van der Waals surface area contributed by atoms with Crippen molar-refractivity contribution in [1.82, 2.24) is 10.3 Å². The van der Waals surface area contributed by atoms with E-state index in [2.05, 4.69) is 10.3 Å². The van der Waals surface area contributed by atoms with Crippen molar-refractivity contribution in [2.75, 3.05) is 6.54 Å². The topological polar surface area (TPSA) is 115 Å². The summed E-state index contributed by atoms with van der Waals surface area (Å²) in [6.45, 7) is 0.269. The summed E-state index contributed by atoms with van der Waals surface area (Å²) in [6, 6.07) is 8.10. The van der Waals surface area contributed by atoms with Crippen LogP contribution in [0.3, 0.4) is 0 Å². The number of nitrogens with zero attached hydrogens (tertiary/aromatic N) is 1. The summed E-state index contributed by atoms with van der Waals surface area (Å²) in [5.41, 5.74) is 6.22. The molecule has 1 aromatic carbocycles. The predicted octanol–water partition coefficient (Wildman–Crippen LogP) is 2.44. The van der Waals surface area contributed by atoms with E-state index in [-0.39, 0.29) is 12.1 Å². The van der Waals surface area contributed by atoms with Crippen LogP contribution in [0.1, 0.15) is 15.9 Å². The van der Waals surface area contributed by atoms with Crippen LogP contribution in [0.25, 0.3) is 0 Å². The molecule has 0 atom stereocenters. The Morgan fingerprint density at radius 3 is 2.65 bits per heavy atom. The Bertz CT molecular complexity index is 719. The van der Waals surface area contributed by atoms with Gasteiger partial charge in [0.2, 0.25) is 11.8 Å². The fourth-order valence-electron chi connectivity index (χ4n) is 1.81. The number of amides is 2. The third-order valence-electron chi connectivity index (χ3n) is 2.94. The number of carbonyl (C=O) groups excluding carboxylic acids is 1. The minimum atomic E-state index is -1.08. The van der Waals surface area contributed by atoms with Gasteiger partial charge in [0.15, 0.2) is 0 Å². The van der Waals surface area contributed by atoms with Gasteiger partial charge in [-0.2, -0.15) is 0 Å². The van der Waals surface area contributed by atoms with Gasteiger partial charge in [-0.25, -0.2) is 9.78 Å². The number of hydrogen-bond donors (Lipinski definition) is 3. The van der Waals surface area contributed by atoms with Crippen LogP contribution >= 0.6 is 11.6 Å².